The normalized spacial score (nSPS) is 17.1. The highest BCUT2D eigenvalue weighted by Gasteiger charge is 2.23. The van der Waals surface area contributed by atoms with E-state index in [1.807, 2.05) is 35.2 Å². The summed E-state index contributed by atoms with van der Waals surface area (Å²) in [4.78, 5) is 14.1. The zero-order chi connectivity index (χ0) is 14.5. The summed E-state index contributed by atoms with van der Waals surface area (Å²) in [5, 5.41) is 0. The Kier molecular flexibility index (Phi) is 4.83. The van der Waals surface area contributed by atoms with Gasteiger partial charge in [-0.3, -0.25) is 4.79 Å². The molecule has 0 spiro atoms. The van der Waals surface area contributed by atoms with Gasteiger partial charge in [0, 0.05) is 24.9 Å². The number of benzene rings is 1. The Labute approximate surface area is 121 Å². The van der Waals surface area contributed by atoms with Crippen LogP contribution in [-0.2, 0) is 4.79 Å². The summed E-state index contributed by atoms with van der Waals surface area (Å²) in [6, 6.07) is 7.53. The van der Waals surface area contributed by atoms with Crippen molar-refractivity contribution >= 4 is 17.7 Å². The number of hydrogen-bond donors (Lipinski definition) is 1. The fourth-order valence-corrected chi connectivity index (χ4v) is 2.67. The average Bonchev–Trinajstić information content (AvgIpc) is 2.46. The number of hydrogen-bond acceptors (Lipinski definition) is 2. The summed E-state index contributed by atoms with van der Waals surface area (Å²) in [6.45, 7) is 6.30. The van der Waals surface area contributed by atoms with Crippen molar-refractivity contribution < 1.29 is 4.79 Å². The lowest BCUT2D eigenvalue weighted by atomic mass is 9.87. The van der Waals surface area contributed by atoms with Crippen molar-refractivity contribution in [2.24, 2.45) is 11.8 Å². The lowest BCUT2D eigenvalue weighted by molar-refractivity contribution is -0.127. The van der Waals surface area contributed by atoms with Gasteiger partial charge < -0.3 is 10.6 Å². The van der Waals surface area contributed by atoms with Gasteiger partial charge in [-0.05, 0) is 48.4 Å². The summed E-state index contributed by atoms with van der Waals surface area (Å²) >= 11 is 0. The van der Waals surface area contributed by atoms with E-state index in [2.05, 4.69) is 13.8 Å². The third-order valence-electron chi connectivity index (χ3n) is 4.15. The van der Waals surface area contributed by atoms with Gasteiger partial charge in [0.25, 0.3) is 0 Å². The van der Waals surface area contributed by atoms with Crippen LogP contribution >= 0.6 is 0 Å². The maximum atomic E-state index is 12.1. The molecule has 0 bridgehead atoms. The highest BCUT2D eigenvalue weighted by atomic mass is 16.2. The second-order valence-electron chi connectivity index (χ2n) is 5.91. The molecule has 0 unspecified atom stereocenters. The van der Waals surface area contributed by atoms with E-state index in [-0.39, 0.29) is 5.91 Å². The van der Waals surface area contributed by atoms with Gasteiger partial charge in [0.2, 0.25) is 5.91 Å². The lowest BCUT2D eigenvalue weighted by Crippen LogP contribution is -2.38. The predicted molar refractivity (Wildman–Crippen MR) is 84.0 cm³/mol. The molecule has 0 saturated carbocycles. The second-order valence-corrected chi connectivity index (χ2v) is 5.91. The van der Waals surface area contributed by atoms with Gasteiger partial charge in [0.05, 0.1) is 0 Å². The van der Waals surface area contributed by atoms with Crippen molar-refractivity contribution in [2.75, 3.05) is 18.8 Å². The number of nitrogen functional groups attached to an aromatic ring is 1. The average molecular weight is 272 g/mol. The largest absolute Gasteiger partial charge is 0.399 e. The Bertz CT molecular complexity index is 468. The Hall–Kier alpha value is -1.77. The van der Waals surface area contributed by atoms with Crippen LogP contribution < -0.4 is 5.73 Å². The molecule has 1 saturated heterocycles. The van der Waals surface area contributed by atoms with E-state index in [0.717, 1.165) is 49.0 Å². The van der Waals surface area contributed by atoms with Crippen LogP contribution in [-0.4, -0.2) is 23.9 Å². The summed E-state index contributed by atoms with van der Waals surface area (Å²) in [6.07, 6.45) is 5.77. The molecule has 0 atom stereocenters. The SMILES string of the molecule is CC(C)C1CCN(C(=O)/C=C/c2ccc(N)cc2)CC1. The minimum absolute atomic E-state index is 0.115. The molecule has 3 heteroatoms. The Morgan fingerprint density at radius 3 is 2.40 bits per heavy atom. The summed E-state index contributed by atoms with van der Waals surface area (Å²) in [5.41, 5.74) is 7.38. The van der Waals surface area contributed by atoms with Crippen molar-refractivity contribution in [1.82, 2.24) is 4.90 Å². The van der Waals surface area contributed by atoms with E-state index in [1.165, 1.54) is 0 Å². The second kappa shape index (κ2) is 6.60. The molecule has 20 heavy (non-hydrogen) atoms. The van der Waals surface area contributed by atoms with Crippen LogP contribution in [0.3, 0.4) is 0 Å². The first kappa shape index (κ1) is 14.6. The number of carbonyl (C=O) groups excluding carboxylic acids is 1. The van der Waals surface area contributed by atoms with Crippen LogP contribution in [0.2, 0.25) is 0 Å². The molecule has 2 N–H and O–H groups in total. The number of anilines is 1. The number of rotatable bonds is 3. The number of nitrogens with zero attached hydrogens (tertiary/aromatic N) is 1. The van der Waals surface area contributed by atoms with Crippen LogP contribution in [0.5, 0.6) is 0 Å². The highest BCUT2D eigenvalue weighted by Crippen LogP contribution is 2.24. The predicted octanol–water partition coefficient (Wildman–Crippen LogP) is 3.18. The molecular formula is C17H24N2O. The number of carbonyl (C=O) groups is 1. The van der Waals surface area contributed by atoms with Gasteiger partial charge in [0.15, 0.2) is 0 Å². The molecular weight excluding hydrogens is 248 g/mol. The van der Waals surface area contributed by atoms with E-state index in [9.17, 15) is 4.79 Å². The standard InChI is InChI=1S/C17H24N2O/c1-13(2)15-9-11-19(12-10-15)17(20)8-5-14-3-6-16(18)7-4-14/h3-8,13,15H,9-12,18H2,1-2H3/b8-5+. The van der Waals surface area contributed by atoms with Crippen molar-refractivity contribution in [1.29, 1.82) is 0 Å². The van der Waals surface area contributed by atoms with E-state index >= 15 is 0 Å². The molecule has 3 nitrogen and oxygen atoms in total. The van der Waals surface area contributed by atoms with E-state index in [1.54, 1.807) is 6.08 Å². The molecule has 1 heterocycles. The van der Waals surface area contributed by atoms with Crippen LogP contribution in [0.4, 0.5) is 5.69 Å². The first-order chi connectivity index (χ1) is 9.56. The minimum atomic E-state index is 0.115. The molecule has 1 aromatic carbocycles. The molecule has 0 radical (unpaired) electrons. The van der Waals surface area contributed by atoms with Crippen molar-refractivity contribution in [2.45, 2.75) is 26.7 Å². The Morgan fingerprint density at radius 1 is 1.25 bits per heavy atom. The summed E-state index contributed by atoms with van der Waals surface area (Å²) < 4.78 is 0. The zero-order valence-electron chi connectivity index (χ0n) is 12.4. The highest BCUT2D eigenvalue weighted by molar-refractivity contribution is 5.91. The molecule has 0 aromatic heterocycles. The van der Waals surface area contributed by atoms with Gasteiger partial charge in [-0.15, -0.1) is 0 Å². The lowest BCUT2D eigenvalue weighted by Gasteiger charge is -2.33. The fourth-order valence-electron chi connectivity index (χ4n) is 2.67. The van der Waals surface area contributed by atoms with E-state index in [0.29, 0.717) is 0 Å². The summed E-state index contributed by atoms with van der Waals surface area (Å²) in [5.74, 6) is 1.60. The first-order valence-electron chi connectivity index (χ1n) is 7.39. The Balaban J connectivity index is 1.88. The van der Waals surface area contributed by atoms with E-state index in [4.69, 9.17) is 5.73 Å². The van der Waals surface area contributed by atoms with Gasteiger partial charge in [-0.2, -0.15) is 0 Å². The minimum Gasteiger partial charge on any atom is -0.399 e. The zero-order valence-corrected chi connectivity index (χ0v) is 12.4. The topological polar surface area (TPSA) is 46.3 Å². The monoisotopic (exact) mass is 272 g/mol. The number of likely N-dealkylation sites (tertiary alicyclic amines) is 1. The number of nitrogens with two attached hydrogens (primary N) is 1. The van der Waals surface area contributed by atoms with Gasteiger partial charge >= 0.3 is 0 Å². The molecule has 2 rings (SSSR count). The smallest absolute Gasteiger partial charge is 0.246 e. The molecule has 1 aliphatic rings. The number of piperidine rings is 1. The first-order valence-corrected chi connectivity index (χ1v) is 7.39. The molecule has 1 aromatic rings. The third kappa shape index (κ3) is 3.86. The molecule has 1 amide bonds. The van der Waals surface area contributed by atoms with Gasteiger partial charge in [0.1, 0.15) is 0 Å². The molecule has 1 fully saturated rings. The molecule has 0 aliphatic carbocycles. The van der Waals surface area contributed by atoms with Crippen molar-refractivity contribution in [3.05, 3.63) is 35.9 Å². The number of amides is 1. The van der Waals surface area contributed by atoms with Crippen LogP contribution in [0.25, 0.3) is 6.08 Å². The van der Waals surface area contributed by atoms with Crippen LogP contribution in [0.1, 0.15) is 32.3 Å². The van der Waals surface area contributed by atoms with E-state index < -0.39 is 0 Å². The van der Waals surface area contributed by atoms with Gasteiger partial charge in [-0.1, -0.05) is 26.0 Å². The maximum Gasteiger partial charge on any atom is 0.246 e. The molecule has 108 valence electrons. The van der Waals surface area contributed by atoms with Crippen LogP contribution in [0.15, 0.2) is 30.3 Å². The molecule has 1 aliphatic heterocycles. The Morgan fingerprint density at radius 2 is 1.85 bits per heavy atom. The summed E-state index contributed by atoms with van der Waals surface area (Å²) in [7, 11) is 0. The van der Waals surface area contributed by atoms with Crippen LogP contribution in [0, 0.1) is 11.8 Å². The van der Waals surface area contributed by atoms with Crippen molar-refractivity contribution in [3.63, 3.8) is 0 Å². The quantitative estimate of drug-likeness (QED) is 0.678. The van der Waals surface area contributed by atoms with Crippen molar-refractivity contribution in [3.8, 4) is 0 Å². The third-order valence-corrected chi connectivity index (χ3v) is 4.15. The maximum absolute atomic E-state index is 12.1. The fraction of sp³-hybridized carbons (Fsp3) is 0.471. The van der Waals surface area contributed by atoms with Gasteiger partial charge in [-0.25, -0.2) is 0 Å².